The van der Waals surface area contributed by atoms with Gasteiger partial charge in [0.1, 0.15) is 0 Å². The minimum absolute atomic E-state index is 0.187. The van der Waals surface area contributed by atoms with Crippen molar-refractivity contribution in [2.75, 3.05) is 0 Å². The molecular formula is C28H42N2Ru2. The molecule has 0 saturated carbocycles. The van der Waals surface area contributed by atoms with Gasteiger partial charge in [0.2, 0.25) is 0 Å². The van der Waals surface area contributed by atoms with Gasteiger partial charge in [-0.1, -0.05) is 0 Å². The van der Waals surface area contributed by atoms with Crippen LogP contribution in [0.25, 0.3) is 0 Å². The summed E-state index contributed by atoms with van der Waals surface area (Å²) in [6.45, 7) is 13.1. The Morgan fingerprint density at radius 2 is 1.19 bits per heavy atom. The third kappa shape index (κ3) is 10.1. The van der Waals surface area contributed by atoms with Crippen molar-refractivity contribution >= 4 is 8.58 Å². The van der Waals surface area contributed by atoms with Gasteiger partial charge in [0.05, 0.1) is 0 Å². The Bertz CT molecular complexity index is 866. The predicted molar refractivity (Wildman–Crippen MR) is 136 cm³/mol. The molecule has 0 aliphatic rings. The van der Waals surface area contributed by atoms with E-state index >= 15 is 0 Å². The average molecular weight is 609 g/mol. The summed E-state index contributed by atoms with van der Waals surface area (Å²) in [5.74, 6) is 0. The Morgan fingerprint density at radius 1 is 0.656 bits per heavy atom. The van der Waals surface area contributed by atoms with Crippen LogP contribution in [0.1, 0.15) is 76.6 Å². The van der Waals surface area contributed by atoms with Crippen LogP contribution >= 0.6 is 0 Å². The van der Waals surface area contributed by atoms with Gasteiger partial charge in [0.25, 0.3) is 0 Å². The fraction of sp³-hybridized carbons (Fsp3) is 0.429. The zero-order valence-corrected chi connectivity index (χ0v) is 24.2. The zero-order chi connectivity index (χ0) is 23.6. The molecule has 4 heteroatoms. The van der Waals surface area contributed by atoms with E-state index in [9.17, 15) is 0 Å². The van der Waals surface area contributed by atoms with E-state index in [1.54, 1.807) is 11.1 Å². The van der Waals surface area contributed by atoms with Crippen LogP contribution in [0.5, 0.6) is 0 Å². The van der Waals surface area contributed by atoms with E-state index in [-0.39, 0.29) is 34.3 Å². The quantitative estimate of drug-likeness (QED) is 0.200. The second-order valence-electron chi connectivity index (χ2n) is 7.27. The number of allylic oxidation sites excluding steroid dienone is 6. The van der Waals surface area contributed by atoms with Gasteiger partial charge in [-0.15, -0.1) is 0 Å². The fourth-order valence-electron chi connectivity index (χ4n) is 3.29. The van der Waals surface area contributed by atoms with E-state index in [0.717, 1.165) is 12.8 Å². The third-order valence-corrected chi connectivity index (χ3v) is 8.65. The van der Waals surface area contributed by atoms with Crippen molar-refractivity contribution in [1.29, 1.82) is 0 Å². The Hall–Kier alpha value is -1.23. The molecule has 0 fully saturated rings. The Balaban J connectivity index is 0.000000323. The van der Waals surface area contributed by atoms with Crippen molar-refractivity contribution in [2.24, 2.45) is 0 Å². The van der Waals surface area contributed by atoms with Crippen LogP contribution in [-0.4, -0.2) is 9.97 Å². The molecule has 0 saturated heterocycles. The van der Waals surface area contributed by atoms with Crippen LogP contribution in [0, 0.1) is 0 Å². The molecule has 2 aromatic heterocycles. The first kappa shape index (κ1) is 28.8. The standard InChI is InChI=1S/C10H16N.C8H12N.2C5H7.2Ru/c1-3-5-9-7-11-8-10(9)6-4-2;1-3-7-5-9-6-8(7)4-2;2*1-3-5-4-2;;/h7,11H,3-6H2,1-2H3;5,9H,3-4H2,1-2H3;2*1,3-5H,2H3;;. The third-order valence-electron chi connectivity index (χ3n) is 4.85. The molecule has 2 nitrogen and oxygen atoms in total. The summed E-state index contributed by atoms with van der Waals surface area (Å²) in [5.41, 5.74) is 6.16. The topological polar surface area (TPSA) is 31.6 Å². The van der Waals surface area contributed by atoms with E-state index in [1.165, 1.54) is 45.4 Å². The van der Waals surface area contributed by atoms with Gasteiger partial charge in [-0.2, -0.15) is 0 Å². The second kappa shape index (κ2) is 18.2. The van der Waals surface area contributed by atoms with Gasteiger partial charge >= 0.3 is 213 Å². The van der Waals surface area contributed by atoms with E-state index in [4.69, 9.17) is 0 Å². The Morgan fingerprint density at radius 3 is 1.66 bits per heavy atom. The van der Waals surface area contributed by atoms with Crippen LogP contribution in [0.3, 0.4) is 0 Å². The number of aromatic amines is 2. The van der Waals surface area contributed by atoms with Crippen molar-refractivity contribution in [3.8, 4) is 0 Å². The maximum atomic E-state index is 3.49. The normalized spacial score (nSPS) is 12.2. The van der Waals surface area contributed by atoms with E-state index in [2.05, 4.69) is 103 Å². The number of rotatable bonds is 12. The monoisotopic (exact) mass is 610 g/mol. The molecule has 180 valence electrons. The van der Waals surface area contributed by atoms with E-state index in [1.807, 2.05) is 6.92 Å². The molecule has 0 radical (unpaired) electrons. The summed E-state index contributed by atoms with van der Waals surface area (Å²) in [6.07, 6.45) is 24.2. The van der Waals surface area contributed by atoms with Crippen molar-refractivity contribution < 1.29 is 34.3 Å². The summed E-state index contributed by atoms with van der Waals surface area (Å²) < 4.78 is 7.55. The average Bonchev–Trinajstić information content (AvgIpc) is 3.39. The maximum absolute atomic E-state index is 3.49. The SMILES string of the molecule is CC=CC=[CH][Ru][c]1[nH]cc(CC)c1CC.CC=CC=[CH][Ru][c]1[nH]cc(CCC)c1CCC. The first-order valence-electron chi connectivity index (χ1n) is 11.8. The van der Waals surface area contributed by atoms with Gasteiger partial charge in [0.15, 0.2) is 0 Å². The molecule has 0 unspecified atom stereocenters. The molecule has 0 aromatic carbocycles. The summed E-state index contributed by atoms with van der Waals surface area (Å²) in [6, 6.07) is 0. The molecule has 0 bridgehead atoms. The minimum atomic E-state index is 0.187. The molecule has 0 spiro atoms. The van der Waals surface area contributed by atoms with Crippen LogP contribution in [0.15, 0.2) is 58.2 Å². The molecule has 0 amide bonds. The number of H-pyrrole nitrogens is 2. The molecule has 2 aromatic rings. The van der Waals surface area contributed by atoms with E-state index in [0.29, 0.717) is 0 Å². The fourth-order valence-corrected chi connectivity index (χ4v) is 6.82. The Labute approximate surface area is 212 Å². The van der Waals surface area contributed by atoms with Crippen LogP contribution in [0.2, 0.25) is 0 Å². The van der Waals surface area contributed by atoms with Gasteiger partial charge in [-0.25, -0.2) is 0 Å². The number of hydrogen-bond acceptors (Lipinski definition) is 0. The van der Waals surface area contributed by atoms with Gasteiger partial charge < -0.3 is 0 Å². The van der Waals surface area contributed by atoms with Gasteiger partial charge in [0, 0.05) is 0 Å². The molecular weight excluding hydrogens is 566 g/mol. The van der Waals surface area contributed by atoms with Crippen molar-refractivity contribution in [3.05, 3.63) is 80.4 Å². The summed E-state index contributed by atoms with van der Waals surface area (Å²) in [7, 11) is 0. The molecule has 2 heterocycles. The number of aromatic nitrogens is 2. The molecule has 2 rings (SSSR count). The predicted octanol–water partition coefficient (Wildman–Crippen LogP) is 6.65. The molecule has 0 atom stereocenters. The molecule has 0 aliphatic heterocycles. The van der Waals surface area contributed by atoms with Gasteiger partial charge in [-0.3, -0.25) is 0 Å². The molecule has 0 aliphatic carbocycles. The number of hydrogen-bond donors (Lipinski definition) is 2. The Kier molecular flexibility index (Phi) is 16.4. The summed E-state index contributed by atoms with van der Waals surface area (Å²) in [5, 5.41) is 0. The second-order valence-corrected chi connectivity index (χ2v) is 11.2. The molecule has 32 heavy (non-hydrogen) atoms. The number of nitrogens with one attached hydrogen (secondary N) is 2. The zero-order valence-electron chi connectivity index (χ0n) is 20.7. The van der Waals surface area contributed by atoms with Crippen molar-refractivity contribution in [3.63, 3.8) is 0 Å². The first-order valence-corrected chi connectivity index (χ1v) is 15.6. The van der Waals surface area contributed by atoms with Crippen molar-refractivity contribution in [2.45, 2.75) is 80.1 Å². The van der Waals surface area contributed by atoms with Crippen LogP contribution < -0.4 is 8.58 Å². The summed E-state index contributed by atoms with van der Waals surface area (Å²) >= 11 is 0.381. The van der Waals surface area contributed by atoms with Crippen LogP contribution in [-0.2, 0) is 59.9 Å². The van der Waals surface area contributed by atoms with Crippen LogP contribution in [0.4, 0.5) is 0 Å². The summed E-state index contributed by atoms with van der Waals surface area (Å²) in [4.78, 5) is 6.90. The number of aryl methyl sites for hydroxylation is 2. The molecule has 2 N–H and O–H groups in total. The van der Waals surface area contributed by atoms with E-state index < -0.39 is 0 Å². The van der Waals surface area contributed by atoms with Crippen molar-refractivity contribution in [1.82, 2.24) is 9.97 Å². The van der Waals surface area contributed by atoms with Gasteiger partial charge in [-0.05, 0) is 0 Å². The first-order chi connectivity index (χ1) is 15.7.